The van der Waals surface area contributed by atoms with Gasteiger partial charge in [-0.05, 0) is 32.0 Å². The summed E-state index contributed by atoms with van der Waals surface area (Å²) in [6.45, 7) is 3.18. The normalized spacial score (nSPS) is 11.5. The van der Waals surface area contributed by atoms with Crippen LogP contribution in [-0.4, -0.2) is 28.6 Å². The van der Waals surface area contributed by atoms with Gasteiger partial charge in [-0.25, -0.2) is 18.4 Å². The first-order valence-electron chi connectivity index (χ1n) is 5.75. The fourth-order valence-corrected chi connectivity index (χ4v) is 1.90. The van der Waals surface area contributed by atoms with Gasteiger partial charge in [-0.1, -0.05) is 6.07 Å². The second-order valence-corrected chi connectivity index (χ2v) is 6.41. The maximum atomic E-state index is 11.7. The Kier molecular flexibility index (Phi) is 3.75. The summed E-state index contributed by atoms with van der Waals surface area (Å²) in [5.41, 5.74) is 1.23. The zero-order valence-corrected chi connectivity index (χ0v) is 11.4. The summed E-state index contributed by atoms with van der Waals surface area (Å²) in [6.07, 6.45) is 3.14. The zero-order valence-electron chi connectivity index (χ0n) is 10.6. The van der Waals surface area contributed by atoms with E-state index >= 15 is 0 Å². The summed E-state index contributed by atoms with van der Waals surface area (Å²) in [5, 5.41) is -0.547. The van der Waals surface area contributed by atoms with E-state index in [0.717, 1.165) is 0 Å². The van der Waals surface area contributed by atoms with E-state index in [-0.39, 0.29) is 5.95 Å². The van der Waals surface area contributed by atoms with E-state index in [0.29, 0.717) is 11.4 Å². The molecule has 2 heterocycles. The second-order valence-electron chi connectivity index (χ2n) is 4.18. The highest BCUT2D eigenvalue weighted by molar-refractivity contribution is 7.93. The lowest BCUT2D eigenvalue weighted by atomic mass is 10.3. The van der Waals surface area contributed by atoms with Crippen molar-refractivity contribution in [2.24, 2.45) is 0 Å². The van der Waals surface area contributed by atoms with Gasteiger partial charge in [0, 0.05) is 12.4 Å². The van der Waals surface area contributed by atoms with E-state index in [1.54, 1.807) is 38.2 Å². The van der Waals surface area contributed by atoms with Gasteiger partial charge in [0.1, 0.15) is 0 Å². The van der Waals surface area contributed by atoms with Crippen molar-refractivity contribution >= 4 is 16.0 Å². The molecule has 0 aromatic carbocycles. The van der Waals surface area contributed by atoms with Gasteiger partial charge in [-0.2, -0.15) is 0 Å². The highest BCUT2D eigenvalue weighted by atomic mass is 32.2. The number of nitrogens with zero attached hydrogens (tertiary/aromatic N) is 3. The Hall–Kier alpha value is -2.02. The van der Waals surface area contributed by atoms with Crippen LogP contribution in [0, 0.1) is 0 Å². The van der Waals surface area contributed by atoms with Crippen LogP contribution in [0.2, 0.25) is 0 Å². The van der Waals surface area contributed by atoms with E-state index in [4.69, 9.17) is 0 Å². The quantitative estimate of drug-likeness (QED) is 0.919. The first-order valence-corrected chi connectivity index (χ1v) is 7.30. The number of hydrogen-bond donors (Lipinski definition) is 1. The van der Waals surface area contributed by atoms with Crippen molar-refractivity contribution < 1.29 is 8.42 Å². The van der Waals surface area contributed by atoms with E-state index in [1.165, 1.54) is 6.20 Å². The van der Waals surface area contributed by atoms with Crippen molar-refractivity contribution in [3.05, 3.63) is 36.7 Å². The minimum absolute atomic E-state index is 0.0526. The van der Waals surface area contributed by atoms with Crippen LogP contribution in [0.5, 0.6) is 0 Å². The smallest absolute Gasteiger partial charge is 0.237 e. The van der Waals surface area contributed by atoms with E-state index in [2.05, 4.69) is 19.7 Å². The minimum Gasteiger partial charge on any atom is -0.255 e. The van der Waals surface area contributed by atoms with Crippen LogP contribution >= 0.6 is 0 Å². The van der Waals surface area contributed by atoms with Crippen LogP contribution in [0.15, 0.2) is 36.7 Å². The Morgan fingerprint density at radius 2 is 1.84 bits per heavy atom. The molecule has 0 radical (unpaired) electrons. The molecule has 0 spiro atoms. The maximum absolute atomic E-state index is 11.7. The highest BCUT2D eigenvalue weighted by Crippen LogP contribution is 2.15. The van der Waals surface area contributed by atoms with Gasteiger partial charge < -0.3 is 0 Å². The molecule has 2 aromatic heterocycles. The number of aromatic nitrogens is 3. The summed E-state index contributed by atoms with van der Waals surface area (Å²) in [4.78, 5) is 12.2. The predicted molar refractivity (Wildman–Crippen MR) is 72.9 cm³/mol. The van der Waals surface area contributed by atoms with Crippen molar-refractivity contribution in [3.63, 3.8) is 0 Å². The first kappa shape index (κ1) is 13.4. The van der Waals surface area contributed by atoms with Crippen LogP contribution in [0.1, 0.15) is 13.8 Å². The largest absolute Gasteiger partial charge is 0.255 e. The lowest BCUT2D eigenvalue weighted by Gasteiger charge is -2.09. The molecule has 6 nitrogen and oxygen atoms in total. The molecule has 2 rings (SSSR count). The van der Waals surface area contributed by atoms with Crippen molar-refractivity contribution in [2.45, 2.75) is 19.1 Å². The molecule has 19 heavy (non-hydrogen) atoms. The molecule has 100 valence electrons. The molecule has 7 heteroatoms. The van der Waals surface area contributed by atoms with Crippen LogP contribution in [-0.2, 0) is 10.0 Å². The third kappa shape index (κ3) is 3.25. The van der Waals surface area contributed by atoms with Crippen LogP contribution < -0.4 is 4.72 Å². The number of anilines is 1. The summed E-state index contributed by atoms with van der Waals surface area (Å²) >= 11 is 0. The van der Waals surface area contributed by atoms with Crippen LogP contribution in [0.4, 0.5) is 5.95 Å². The molecule has 0 saturated carbocycles. The second kappa shape index (κ2) is 5.31. The average Bonchev–Trinajstić information content (AvgIpc) is 2.39. The van der Waals surface area contributed by atoms with Gasteiger partial charge in [0.15, 0.2) is 0 Å². The molecule has 0 saturated heterocycles. The van der Waals surface area contributed by atoms with Crippen LogP contribution in [0.25, 0.3) is 11.4 Å². The Bertz CT molecular complexity index is 656. The summed E-state index contributed by atoms with van der Waals surface area (Å²) < 4.78 is 25.8. The average molecular weight is 278 g/mol. The minimum atomic E-state index is -3.45. The zero-order chi connectivity index (χ0) is 13.9. The monoisotopic (exact) mass is 278 g/mol. The molecule has 0 bridgehead atoms. The molecular formula is C12H14N4O2S. The molecule has 0 aliphatic carbocycles. The van der Waals surface area contributed by atoms with Gasteiger partial charge in [-0.3, -0.25) is 9.71 Å². The number of rotatable bonds is 4. The number of hydrogen-bond acceptors (Lipinski definition) is 5. The molecule has 0 aliphatic rings. The van der Waals surface area contributed by atoms with Crippen molar-refractivity contribution in [2.75, 3.05) is 4.72 Å². The highest BCUT2D eigenvalue weighted by Gasteiger charge is 2.17. The third-order valence-electron chi connectivity index (χ3n) is 2.44. The van der Waals surface area contributed by atoms with E-state index in [1.807, 2.05) is 6.07 Å². The van der Waals surface area contributed by atoms with Crippen molar-refractivity contribution in [1.82, 2.24) is 15.0 Å². The molecular weight excluding hydrogens is 264 g/mol. The maximum Gasteiger partial charge on any atom is 0.237 e. The first-order chi connectivity index (χ1) is 8.99. The van der Waals surface area contributed by atoms with Crippen molar-refractivity contribution in [3.8, 4) is 11.4 Å². The van der Waals surface area contributed by atoms with E-state index < -0.39 is 15.3 Å². The fraction of sp³-hybridized carbons (Fsp3) is 0.250. The lowest BCUT2D eigenvalue weighted by Crippen LogP contribution is -2.23. The Labute approximate surface area is 112 Å². The number of nitrogens with one attached hydrogen (secondary N) is 1. The van der Waals surface area contributed by atoms with Gasteiger partial charge in [-0.15, -0.1) is 0 Å². The fourth-order valence-electron chi connectivity index (χ4n) is 1.31. The summed E-state index contributed by atoms with van der Waals surface area (Å²) in [7, 11) is -3.45. The molecule has 1 N–H and O–H groups in total. The Balaban J connectivity index is 2.31. The lowest BCUT2D eigenvalue weighted by molar-refractivity contribution is 0.592. The summed E-state index contributed by atoms with van der Waals surface area (Å²) in [6, 6.07) is 7.11. The Morgan fingerprint density at radius 1 is 1.05 bits per heavy atom. The third-order valence-corrected chi connectivity index (χ3v) is 4.15. The van der Waals surface area contributed by atoms with Crippen LogP contribution in [0.3, 0.4) is 0 Å². The molecule has 2 aromatic rings. The summed E-state index contributed by atoms with van der Waals surface area (Å²) in [5.74, 6) is 0.0526. The topological polar surface area (TPSA) is 84.8 Å². The molecule has 0 unspecified atom stereocenters. The Morgan fingerprint density at radius 3 is 2.47 bits per heavy atom. The standard InChI is InChI=1S/C12H14N4O2S/c1-9(2)19(17,18)16-12-14-8-6-11(15-12)10-5-3-4-7-13-10/h3-9H,1-2H3,(H,14,15,16). The molecule has 0 amide bonds. The van der Waals surface area contributed by atoms with Gasteiger partial charge in [0.25, 0.3) is 0 Å². The number of pyridine rings is 1. The molecule has 0 aliphatic heterocycles. The molecule has 0 fully saturated rings. The SMILES string of the molecule is CC(C)S(=O)(=O)Nc1nccc(-c2ccccn2)n1. The molecule has 0 atom stereocenters. The van der Waals surface area contributed by atoms with Gasteiger partial charge in [0.05, 0.1) is 16.6 Å². The predicted octanol–water partition coefficient (Wildman–Crippen LogP) is 1.69. The van der Waals surface area contributed by atoms with E-state index in [9.17, 15) is 8.42 Å². The van der Waals surface area contributed by atoms with Crippen molar-refractivity contribution in [1.29, 1.82) is 0 Å². The van der Waals surface area contributed by atoms with Gasteiger partial charge in [0.2, 0.25) is 16.0 Å². The number of sulfonamides is 1. The van der Waals surface area contributed by atoms with Gasteiger partial charge >= 0.3 is 0 Å².